The lowest BCUT2D eigenvalue weighted by molar-refractivity contribution is 0.0917. The molecule has 7 nitrogen and oxygen atoms in total. The summed E-state index contributed by atoms with van der Waals surface area (Å²) in [5.41, 5.74) is 10.2. The highest BCUT2D eigenvalue weighted by Crippen LogP contribution is 2.37. The molecule has 0 saturated heterocycles. The fourth-order valence-corrected chi connectivity index (χ4v) is 3.79. The predicted molar refractivity (Wildman–Crippen MR) is 128 cm³/mol. The van der Waals surface area contributed by atoms with Gasteiger partial charge >= 0.3 is 0 Å². The molecule has 0 bridgehead atoms. The van der Waals surface area contributed by atoms with E-state index in [9.17, 15) is 4.79 Å². The van der Waals surface area contributed by atoms with E-state index in [1.54, 1.807) is 6.21 Å². The third-order valence-corrected chi connectivity index (χ3v) is 5.81. The zero-order valence-corrected chi connectivity index (χ0v) is 18.4. The van der Waals surface area contributed by atoms with Crippen molar-refractivity contribution >= 4 is 23.5 Å². The summed E-state index contributed by atoms with van der Waals surface area (Å²) in [5, 5.41) is 6.51. The number of hydrogen-bond acceptors (Lipinski definition) is 6. The van der Waals surface area contributed by atoms with Gasteiger partial charge in [0.2, 0.25) is 0 Å². The summed E-state index contributed by atoms with van der Waals surface area (Å²) in [5.74, 6) is 1.92. The standard InChI is InChI=1S/C25H29N5O2/c1-16(9-11-27-17(2)26)22-15-29-24(21-10-12-32-23(21)22)28-14-18-5-3-6-19(13-18)25(31)30-20-7-4-8-20/h3,5-6,9,11,13,15,20H,2,4,7-8,10,12,14,26H2,1H3,(H,28,29)(H,30,31)/b16-9+,27-11-. The van der Waals surface area contributed by atoms with Gasteiger partial charge in [-0.3, -0.25) is 4.79 Å². The number of carbonyl (C=O) groups excluding carboxylic acids is 1. The van der Waals surface area contributed by atoms with E-state index < -0.39 is 0 Å². The average Bonchev–Trinajstić information content (AvgIpc) is 3.24. The molecule has 1 aliphatic carbocycles. The number of nitrogens with two attached hydrogens (primary N) is 1. The number of aromatic nitrogens is 1. The van der Waals surface area contributed by atoms with Crippen LogP contribution in [0.5, 0.6) is 5.75 Å². The van der Waals surface area contributed by atoms with Crippen molar-refractivity contribution in [2.24, 2.45) is 10.7 Å². The van der Waals surface area contributed by atoms with E-state index in [1.807, 2.05) is 43.5 Å². The topological polar surface area (TPSA) is 102 Å². The van der Waals surface area contributed by atoms with Crippen molar-refractivity contribution in [2.75, 3.05) is 11.9 Å². The number of aliphatic imine (C=N–C) groups is 1. The summed E-state index contributed by atoms with van der Waals surface area (Å²) < 4.78 is 5.91. The van der Waals surface area contributed by atoms with Crippen molar-refractivity contribution in [1.29, 1.82) is 0 Å². The van der Waals surface area contributed by atoms with Gasteiger partial charge in [-0.15, -0.1) is 0 Å². The van der Waals surface area contributed by atoms with Crippen molar-refractivity contribution in [3.8, 4) is 5.75 Å². The number of allylic oxidation sites excluding steroid dienone is 2. The Hall–Kier alpha value is -3.61. The molecule has 0 atom stereocenters. The molecule has 1 aromatic carbocycles. The van der Waals surface area contributed by atoms with E-state index in [0.717, 1.165) is 53.1 Å². The first-order chi connectivity index (χ1) is 15.5. The smallest absolute Gasteiger partial charge is 0.251 e. The molecule has 2 aromatic rings. The highest BCUT2D eigenvalue weighted by Gasteiger charge is 2.22. The Labute approximate surface area is 188 Å². The van der Waals surface area contributed by atoms with Gasteiger partial charge in [-0.25, -0.2) is 9.98 Å². The van der Waals surface area contributed by atoms with E-state index in [1.165, 1.54) is 6.42 Å². The molecule has 166 valence electrons. The highest BCUT2D eigenvalue weighted by atomic mass is 16.5. The Balaban J connectivity index is 1.46. The molecule has 1 amide bonds. The number of hydrogen-bond donors (Lipinski definition) is 3. The van der Waals surface area contributed by atoms with Crippen LogP contribution < -0.4 is 21.1 Å². The number of benzene rings is 1. The number of nitrogens with one attached hydrogen (secondary N) is 2. The molecule has 4 N–H and O–H groups in total. The number of rotatable bonds is 8. The minimum atomic E-state index is -0.00247. The highest BCUT2D eigenvalue weighted by molar-refractivity contribution is 5.94. The van der Waals surface area contributed by atoms with Crippen LogP contribution in [0.25, 0.3) is 5.57 Å². The summed E-state index contributed by atoms with van der Waals surface area (Å²) in [6, 6.07) is 8.04. The Bertz CT molecular complexity index is 1090. The molecule has 32 heavy (non-hydrogen) atoms. The number of amides is 1. The zero-order valence-electron chi connectivity index (χ0n) is 18.4. The number of nitrogens with zero attached hydrogens (tertiary/aromatic N) is 2. The van der Waals surface area contributed by atoms with Gasteiger partial charge in [0, 0.05) is 48.1 Å². The third-order valence-electron chi connectivity index (χ3n) is 5.81. The van der Waals surface area contributed by atoms with Gasteiger partial charge < -0.3 is 21.1 Å². The fourth-order valence-electron chi connectivity index (χ4n) is 3.79. The monoisotopic (exact) mass is 431 g/mol. The summed E-state index contributed by atoms with van der Waals surface area (Å²) in [7, 11) is 0. The Kier molecular flexibility index (Phi) is 6.54. The maximum Gasteiger partial charge on any atom is 0.251 e. The van der Waals surface area contributed by atoms with Crippen LogP contribution in [0.3, 0.4) is 0 Å². The molecule has 1 saturated carbocycles. The molecule has 1 aliphatic heterocycles. The second-order valence-electron chi connectivity index (χ2n) is 8.20. The van der Waals surface area contributed by atoms with Crippen molar-refractivity contribution in [3.63, 3.8) is 0 Å². The molecule has 1 fully saturated rings. The quantitative estimate of drug-likeness (QED) is 0.552. The minimum absolute atomic E-state index is 0.00247. The van der Waals surface area contributed by atoms with Crippen molar-refractivity contribution in [2.45, 2.75) is 45.2 Å². The van der Waals surface area contributed by atoms with E-state index >= 15 is 0 Å². The van der Waals surface area contributed by atoms with E-state index in [2.05, 4.69) is 27.2 Å². The maximum atomic E-state index is 12.5. The number of ether oxygens (including phenoxy) is 1. The Morgan fingerprint density at radius 3 is 3.00 bits per heavy atom. The van der Waals surface area contributed by atoms with Crippen molar-refractivity contribution in [1.82, 2.24) is 10.3 Å². The van der Waals surface area contributed by atoms with Gasteiger partial charge in [-0.2, -0.15) is 0 Å². The number of carbonyl (C=O) groups is 1. The van der Waals surface area contributed by atoms with Gasteiger partial charge in [-0.1, -0.05) is 18.7 Å². The molecule has 0 spiro atoms. The normalized spacial score (nSPS) is 15.7. The first-order valence-corrected chi connectivity index (χ1v) is 11.0. The lowest BCUT2D eigenvalue weighted by atomic mass is 9.93. The lowest BCUT2D eigenvalue weighted by Gasteiger charge is -2.26. The van der Waals surface area contributed by atoms with Crippen molar-refractivity contribution < 1.29 is 9.53 Å². The summed E-state index contributed by atoms with van der Waals surface area (Å²) in [6.45, 7) is 6.74. The largest absolute Gasteiger partial charge is 0.492 e. The van der Waals surface area contributed by atoms with Crippen LogP contribution in [-0.4, -0.2) is 29.8 Å². The van der Waals surface area contributed by atoms with Gasteiger partial charge in [0.15, 0.2) is 0 Å². The molecular formula is C25H29N5O2. The minimum Gasteiger partial charge on any atom is -0.492 e. The van der Waals surface area contributed by atoms with Crippen molar-refractivity contribution in [3.05, 3.63) is 71.2 Å². The maximum absolute atomic E-state index is 12.5. The fraction of sp³-hybridized carbons (Fsp3) is 0.320. The lowest BCUT2D eigenvalue weighted by Crippen LogP contribution is -2.39. The molecular weight excluding hydrogens is 402 g/mol. The first kappa shape index (κ1) is 21.6. The van der Waals surface area contributed by atoms with E-state index in [0.29, 0.717) is 24.8 Å². The predicted octanol–water partition coefficient (Wildman–Crippen LogP) is 3.81. The number of fused-ring (bicyclic) bond motifs is 1. The summed E-state index contributed by atoms with van der Waals surface area (Å²) in [6.07, 6.45) is 9.44. The number of pyridine rings is 1. The number of anilines is 1. The second-order valence-corrected chi connectivity index (χ2v) is 8.20. The van der Waals surface area contributed by atoms with Gasteiger partial charge in [-0.05, 0) is 55.5 Å². The second kappa shape index (κ2) is 9.68. The SMILES string of the molecule is C=C(N)/N=C\C=C(/C)c1cnc(NCc2cccc(C(=O)NC3CCC3)c2)c2c1OCC2. The zero-order chi connectivity index (χ0) is 22.5. The Morgan fingerprint density at radius 2 is 2.25 bits per heavy atom. The van der Waals surface area contributed by atoms with Gasteiger partial charge in [0.25, 0.3) is 5.91 Å². The third kappa shape index (κ3) is 4.99. The van der Waals surface area contributed by atoms with E-state index in [4.69, 9.17) is 10.5 Å². The van der Waals surface area contributed by atoms with Crippen LogP contribution in [-0.2, 0) is 13.0 Å². The molecule has 0 radical (unpaired) electrons. The molecule has 2 heterocycles. The summed E-state index contributed by atoms with van der Waals surface area (Å²) >= 11 is 0. The van der Waals surface area contributed by atoms with Gasteiger partial charge in [0.1, 0.15) is 17.4 Å². The first-order valence-electron chi connectivity index (χ1n) is 11.0. The molecule has 1 aromatic heterocycles. The van der Waals surface area contributed by atoms with E-state index in [-0.39, 0.29) is 11.7 Å². The molecule has 4 rings (SSSR count). The molecule has 7 heteroatoms. The summed E-state index contributed by atoms with van der Waals surface area (Å²) in [4.78, 5) is 21.1. The van der Waals surface area contributed by atoms with Gasteiger partial charge in [0.05, 0.1) is 6.61 Å². The van der Waals surface area contributed by atoms with Crippen LogP contribution in [0.2, 0.25) is 0 Å². The average molecular weight is 432 g/mol. The van der Waals surface area contributed by atoms with Crippen LogP contribution >= 0.6 is 0 Å². The van der Waals surface area contributed by atoms with Crippen LogP contribution in [0.1, 0.15) is 53.2 Å². The molecule has 2 aliphatic rings. The molecule has 0 unspecified atom stereocenters. The van der Waals surface area contributed by atoms with Crippen LogP contribution in [0.15, 0.2) is 53.9 Å². The Morgan fingerprint density at radius 1 is 1.41 bits per heavy atom. The van der Waals surface area contributed by atoms with Crippen LogP contribution in [0, 0.1) is 0 Å². The van der Waals surface area contributed by atoms with Crippen LogP contribution in [0.4, 0.5) is 5.82 Å².